The Kier molecular flexibility index (Phi) is 7.16. The fraction of sp³-hybridized carbons (Fsp3) is 0.0417. The van der Waals surface area contributed by atoms with Crippen LogP contribution in [0, 0.1) is 0 Å². The lowest BCUT2D eigenvalue weighted by Gasteiger charge is -2.11. The van der Waals surface area contributed by atoms with Crippen LogP contribution in [0.3, 0.4) is 0 Å². The van der Waals surface area contributed by atoms with Gasteiger partial charge in [-0.1, -0.05) is 30.3 Å². The normalized spacial score (nSPS) is 12.1. The van der Waals surface area contributed by atoms with Crippen molar-refractivity contribution in [1.29, 1.82) is 0 Å². The number of carbonyl (C=O) groups is 1. The number of phenols is 1. The Labute approximate surface area is 216 Å². The number of fused-ring (bicyclic) bond motifs is 1. The van der Waals surface area contributed by atoms with Crippen molar-refractivity contribution in [3.63, 3.8) is 0 Å². The van der Waals surface area contributed by atoms with Crippen molar-refractivity contribution in [2.45, 2.75) is 4.90 Å². The first-order chi connectivity index (χ1) is 17.4. The molecule has 4 rings (SSSR count). The lowest BCUT2D eigenvalue weighted by atomic mass is 10.1. The van der Waals surface area contributed by atoms with E-state index in [0.717, 1.165) is 18.4 Å². The van der Waals surface area contributed by atoms with E-state index < -0.39 is 25.0 Å². The lowest BCUT2D eigenvalue weighted by molar-refractivity contribution is 0.0735. The average molecular weight is 560 g/mol. The first-order valence-corrected chi connectivity index (χ1v) is 14.6. The number of esters is 1. The number of anilines is 1. The molecule has 10 nitrogen and oxygen atoms in total. The number of aromatic hydroxyl groups is 1. The standard InChI is InChI=1S/C24H18ClN3O7S2/c1-36(31,32)28-19-9-5-8-17-21(29)12-11-18(23(17)19)26-27-20-14-16(37(25,33)34)10-13-22(20)35-24(30)15-6-3-2-4-7-15/h2-14,28-29H,1H3. The van der Waals surface area contributed by atoms with Crippen molar-refractivity contribution >= 4 is 63.6 Å². The van der Waals surface area contributed by atoms with Gasteiger partial charge in [-0.05, 0) is 48.5 Å². The summed E-state index contributed by atoms with van der Waals surface area (Å²) in [5, 5.41) is 19.0. The van der Waals surface area contributed by atoms with E-state index in [4.69, 9.17) is 15.4 Å². The minimum atomic E-state index is -4.15. The van der Waals surface area contributed by atoms with Gasteiger partial charge in [0.25, 0.3) is 9.05 Å². The Balaban J connectivity index is 1.83. The van der Waals surface area contributed by atoms with E-state index in [1.165, 1.54) is 24.3 Å². The van der Waals surface area contributed by atoms with E-state index in [0.29, 0.717) is 0 Å². The summed E-state index contributed by atoms with van der Waals surface area (Å²) in [5.74, 6) is -0.939. The molecule has 0 bridgehead atoms. The van der Waals surface area contributed by atoms with Crippen molar-refractivity contribution in [1.82, 2.24) is 0 Å². The van der Waals surface area contributed by atoms with Crippen molar-refractivity contribution in [3.8, 4) is 11.5 Å². The van der Waals surface area contributed by atoms with Gasteiger partial charge in [0.05, 0.1) is 28.1 Å². The SMILES string of the molecule is CS(=O)(=O)Nc1cccc2c(O)ccc(N=Nc3cc(S(=O)(=O)Cl)ccc3OC(=O)c3ccccc3)c12. The van der Waals surface area contributed by atoms with Crippen LogP contribution in [0.1, 0.15) is 10.4 Å². The molecule has 37 heavy (non-hydrogen) atoms. The molecule has 0 aliphatic heterocycles. The Morgan fingerprint density at radius 1 is 0.892 bits per heavy atom. The predicted octanol–water partition coefficient (Wildman–Crippen LogP) is 5.48. The number of nitrogens with one attached hydrogen (secondary N) is 1. The monoisotopic (exact) mass is 559 g/mol. The highest BCUT2D eigenvalue weighted by Gasteiger charge is 2.18. The smallest absolute Gasteiger partial charge is 0.343 e. The van der Waals surface area contributed by atoms with Crippen molar-refractivity contribution < 1.29 is 31.5 Å². The third-order valence-corrected chi connectivity index (χ3v) is 6.92. The van der Waals surface area contributed by atoms with Gasteiger partial charge in [0.15, 0.2) is 5.75 Å². The number of ether oxygens (including phenoxy) is 1. The van der Waals surface area contributed by atoms with Gasteiger partial charge in [0.2, 0.25) is 10.0 Å². The largest absolute Gasteiger partial charge is 0.507 e. The van der Waals surface area contributed by atoms with Gasteiger partial charge in [-0.15, -0.1) is 10.2 Å². The minimum Gasteiger partial charge on any atom is -0.507 e. The first kappa shape index (κ1) is 26.1. The maximum Gasteiger partial charge on any atom is 0.343 e. The van der Waals surface area contributed by atoms with E-state index in [-0.39, 0.29) is 49.8 Å². The fourth-order valence-corrected chi connectivity index (χ4v) is 4.74. The molecule has 0 radical (unpaired) electrons. The van der Waals surface area contributed by atoms with Gasteiger partial charge >= 0.3 is 5.97 Å². The first-order valence-electron chi connectivity index (χ1n) is 10.4. The molecular weight excluding hydrogens is 542 g/mol. The molecule has 0 amide bonds. The van der Waals surface area contributed by atoms with Crippen molar-refractivity contribution in [2.75, 3.05) is 11.0 Å². The number of phenolic OH excluding ortho intramolecular Hbond substituents is 1. The average Bonchev–Trinajstić information content (AvgIpc) is 2.83. The van der Waals surface area contributed by atoms with Crippen LogP contribution in [0.15, 0.2) is 94.0 Å². The highest BCUT2D eigenvalue weighted by Crippen LogP contribution is 2.40. The van der Waals surface area contributed by atoms with Crippen LogP contribution >= 0.6 is 10.7 Å². The zero-order chi connectivity index (χ0) is 26.8. The van der Waals surface area contributed by atoms with E-state index in [9.17, 15) is 26.7 Å². The number of rotatable bonds is 7. The molecule has 0 aliphatic carbocycles. The summed E-state index contributed by atoms with van der Waals surface area (Å²) in [4.78, 5) is 12.3. The highest BCUT2D eigenvalue weighted by atomic mass is 35.7. The molecule has 13 heteroatoms. The molecule has 0 fully saturated rings. The Morgan fingerprint density at radius 3 is 2.27 bits per heavy atom. The van der Waals surface area contributed by atoms with Gasteiger partial charge in [-0.3, -0.25) is 4.72 Å². The maximum atomic E-state index is 12.6. The molecule has 2 N–H and O–H groups in total. The second-order valence-corrected chi connectivity index (χ2v) is 12.0. The molecule has 0 saturated carbocycles. The molecule has 4 aromatic carbocycles. The lowest BCUT2D eigenvalue weighted by Crippen LogP contribution is -2.09. The van der Waals surface area contributed by atoms with Crippen LogP contribution < -0.4 is 9.46 Å². The third kappa shape index (κ3) is 6.23. The topological polar surface area (TPSA) is 152 Å². The van der Waals surface area contributed by atoms with E-state index >= 15 is 0 Å². The second kappa shape index (κ2) is 10.2. The molecule has 0 heterocycles. The molecule has 0 saturated heterocycles. The number of carbonyl (C=O) groups excluding carboxylic acids is 1. The Morgan fingerprint density at radius 2 is 1.59 bits per heavy atom. The van der Waals surface area contributed by atoms with Crippen molar-refractivity contribution in [3.05, 3.63) is 84.4 Å². The van der Waals surface area contributed by atoms with Gasteiger partial charge in [0.1, 0.15) is 11.4 Å². The number of nitrogens with zero attached hydrogens (tertiary/aromatic N) is 2. The maximum absolute atomic E-state index is 12.6. The number of azo groups is 1. The Hall–Kier alpha value is -4.00. The van der Waals surface area contributed by atoms with Gasteiger partial charge in [-0.25, -0.2) is 21.6 Å². The van der Waals surface area contributed by atoms with Crippen LogP contribution in [0.2, 0.25) is 0 Å². The molecule has 0 atom stereocenters. The van der Waals surface area contributed by atoms with E-state index in [1.54, 1.807) is 42.5 Å². The third-order valence-electron chi connectivity index (χ3n) is 4.98. The van der Waals surface area contributed by atoms with Gasteiger partial charge < -0.3 is 9.84 Å². The predicted molar refractivity (Wildman–Crippen MR) is 139 cm³/mol. The summed E-state index contributed by atoms with van der Waals surface area (Å²) in [6.45, 7) is 0. The zero-order valence-corrected chi connectivity index (χ0v) is 21.4. The van der Waals surface area contributed by atoms with E-state index in [1.807, 2.05) is 0 Å². The van der Waals surface area contributed by atoms with E-state index in [2.05, 4.69) is 15.0 Å². The fourth-order valence-electron chi connectivity index (χ4n) is 3.39. The Bertz CT molecular complexity index is 1760. The zero-order valence-electron chi connectivity index (χ0n) is 19.0. The number of benzene rings is 4. The molecule has 4 aromatic rings. The highest BCUT2D eigenvalue weighted by molar-refractivity contribution is 8.13. The van der Waals surface area contributed by atoms with Crippen LogP contribution in [-0.4, -0.2) is 34.2 Å². The summed E-state index contributed by atoms with van der Waals surface area (Å²) in [7, 11) is -2.35. The summed E-state index contributed by atoms with van der Waals surface area (Å²) >= 11 is 0. The molecule has 0 spiro atoms. The van der Waals surface area contributed by atoms with Crippen LogP contribution in [0.5, 0.6) is 11.5 Å². The molecule has 0 unspecified atom stereocenters. The van der Waals surface area contributed by atoms with Gasteiger partial charge in [0, 0.05) is 21.5 Å². The van der Waals surface area contributed by atoms with Crippen LogP contribution in [0.4, 0.5) is 17.1 Å². The van der Waals surface area contributed by atoms with Crippen LogP contribution in [-0.2, 0) is 19.1 Å². The molecule has 0 aliphatic rings. The van der Waals surface area contributed by atoms with Gasteiger partial charge in [-0.2, -0.15) is 0 Å². The number of hydrogen-bond acceptors (Lipinski definition) is 9. The molecule has 190 valence electrons. The summed E-state index contributed by atoms with van der Waals surface area (Å²) in [6, 6.07) is 18.9. The number of sulfonamides is 1. The summed E-state index contributed by atoms with van der Waals surface area (Å²) < 4.78 is 55.3. The number of hydrogen-bond donors (Lipinski definition) is 2. The number of halogens is 1. The second-order valence-electron chi connectivity index (χ2n) is 7.73. The van der Waals surface area contributed by atoms with Crippen LogP contribution in [0.25, 0.3) is 10.8 Å². The van der Waals surface area contributed by atoms with Crippen molar-refractivity contribution in [2.24, 2.45) is 10.2 Å². The summed E-state index contributed by atoms with van der Waals surface area (Å²) in [5.41, 5.74) is 0.387. The molecule has 0 aromatic heterocycles. The quantitative estimate of drug-likeness (QED) is 0.132. The molecular formula is C24H18ClN3O7S2. The minimum absolute atomic E-state index is 0.0979. The summed E-state index contributed by atoms with van der Waals surface area (Å²) in [6.07, 6.45) is 0.973.